The van der Waals surface area contributed by atoms with Gasteiger partial charge in [-0.3, -0.25) is 0 Å². The Kier molecular flexibility index (Phi) is 14.9. The van der Waals surface area contributed by atoms with E-state index in [0.29, 0.717) is 0 Å². The van der Waals surface area contributed by atoms with Crippen molar-refractivity contribution >= 4 is 0 Å². The quantitative estimate of drug-likeness (QED) is 0.559. The molecule has 0 saturated carbocycles. The summed E-state index contributed by atoms with van der Waals surface area (Å²) in [5.41, 5.74) is 0. The van der Waals surface area contributed by atoms with Gasteiger partial charge in [0.25, 0.3) is 0 Å². The summed E-state index contributed by atoms with van der Waals surface area (Å²) in [6, 6.07) is 12.5. The van der Waals surface area contributed by atoms with Crippen molar-refractivity contribution in [3.05, 3.63) is 36.4 Å². The molecule has 47 valence electrons. The van der Waals surface area contributed by atoms with Crippen molar-refractivity contribution in [2.24, 2.45) is 0 Å². The first kappa shape index (κ1) is 12.0. The van der Waals surface area contributed by atoms with Crippen molar-refractivity contribution in [1.82, 2.24) is 0 Å². The fourth-order valence-electron chi connectivity index (χ4n) is 0.342. The fourth-order valence-corrected chi connectivity index (χ4v) is 0.342. The van der Waals surface area contributed by atoms with Crippen LogP contribution in [0.5, 0.6) is 0 Å². The van der Waals surface area contributed by atoms with Crippen LogP contribution in [0.4, 0.5) is 0 Å². The maximum atomic E-state index is 2.89. The van der Waals surface area contributed by atoms with Crippen LogP contribution in [-0.4, -0.2) is 0 Å². The van der Waals surface area contributed by atoms with Gasteiger partial charge in [-0.25, -0.2) is 0 Å². The van der Waals surface area contributed by atoms with Gasteiger partial charge >= 0.3 is 0 Å². The van der Waals surface area contributed by atoms with Crippen molar-refractivity contribution in [3.63, 3.8) is 0 Å². The zero-order chi connectivity index (χ0) is 6.24. The summed E-state index contributed by atoms with van der Waals surface area (Å²) >= 11 is 0. The number of benzene rings is 1. The van der Waals surface area contributed by atoms with Crippen molar-refractivity contribution in [2.45, 2.75) is 13.8 Å². The molecule has 0 N–H and O–H groups in total. The van der Waals surface area contributed by atoms with E-state index < -0.39 is 0 Å². The van der Waals surface area contributed by atoms with Crippen molar-refractivity contribution < 1.29 is 32.7 Å². The minimum Gasteiger partial charge on any atom is -0.184 e. The predicted molar refractivity (Wildman–Crippen MR) is 36.6 cm³/mol. The largest absolute Gasteiger partial charge is 0.184 e. The number of rotatable bonds is 0. The van der Waals surface area contributed by atoms with E-state index in [1.165, 1.54) is 0 Å². The van der Waals surface area contributed by atoms with Gasteiger partial charge in [0.2, 0.25) is 0 Å². The Bertz CT molecular complexity index is 76.5. The van der Waals surface area contributed by atoms with Gasteiger partial charge in [-0.2, -0.15) is 36.4 Å². The van der Waals surface area contributed by atoms with Crippen LogP contribution in [0.2, 0.25) is 0 Å². The van der Waals surface area contributed by atoms with E-state index in [-0.39, 0.29) is 32.7 Å². The average molecular weight is 196 g/mol. The summed E-state index contributed by atoms with van der Waals surface area (Å²) in [4.78, 5) is 0. The zero-order valence-electron chi connectivity index (χ0n) is 5.96. The first-order valence-corrected chi connectivity index (χ1v) is 2.91. The summed E-state index contributed by atoms with van der Waals surface area (Å²) in [6.07, 6.45) is 0. The molecule has 0 aromatic heterocycles. The summed E-state index contributed by atoms with van der Waals surface area (Å²) < 4.78 is 0. The van der Waals surface area contributed by atoms with Crippen molar-refractivity contribution in [2.75, 3.05) is 0 Å². The van der Waals surface area contributed by atoms with E-state index in [1.54, 1.807) is 0 Å². The molecule has 0 amide bonds. The molecule has 1 rings (SSSR count). The molecule has 0 aliphatic heterocycles. The molecule has 1 heteroatoms. The van der Waals surface area contributed by atoms with Gasteiger partial charge in [0.05, 0.1) is 0 Å². The maximum Gasteiger partial charge on any atom is 0 e. The summed E-state index contributed by atoms with van der Waals surface area (Å²) in [6.45, 7) is 4.00. The fraction of sp³-hybridized carbons (Fsp3) is 0.250. The average Bonchev–Trinajstić information content (AvgIpc) is 1.96. The third-order valence-electron chi connectivity index (χ3n) is 0.607. The van der Waals surface area contributed by atoms with Crippen LogP contribution in [0.25, 0.3) is 0 Å². The van der Waals surface area contributed by atoms with Gasteiger partial charge in [-0.15, -0.1) is 0 Å². The number of hydrogen-bond donors (Lipinski definition) is 0. The minimum atomic E-state index is 0. The Morgan fingerprint density at radius 3 is 1.44 bits per heavy atom. The molecule has 1 radical (unpaired) electrons. The standard InChI is InChI=1S/C6H5.C2H6.Y/c1-2-4-6-5-3-1;1-2;/h1-5H;1-2H3;/q-1;;. The molecule has 0 atom stereocenters. The van der Waals surface area contributed by atoms with Crippen LogP contribution in [0.15, 0.2) is 30.3 Å². The molecule has 0 unspecified atom stereocenters. The second kappa shape index (κ2) is 11.2. The Hall–Kier alpha value is 0.324. The molecular weight excluding hydrogens is 185 g/mol. The molecule has 0 heterocycles. The molecule has 1 aromatic rings. The van der Waals surface area contributed by atoms with Gasteiger partial charge in [-0.05, 0) is 0 Å². The molecule has 0 bridgehead atoms. The van der Waals surface area contributed by atoms with Gasteiger partial charge in [0.15, 0.2) is 0 Å². The topological polar surface area (TPSA) is 0 Å². The SMILES string of the molecule is CC.[Y].[c-]1ccccc1. The Balaban J connectivity index is 0. The maximum absolute atomic E-state index is 2.89. The summed E-state index contributed by atoms with van der Waals surface area (Å²) in [7, 11) is 0. The Morgan fingerprint density at radius 1 is 0.889 bits per heavy atom. The van der Waals surface area contributed by atoms with Crippen LogP contribution >= 0.6 is 0 Å². The smallest absolute Gasteiger partial charge is 0 e. The second-order valence-corrected chi connectivity index (χ2v) is 1.08. The van der Waals surface area contributed by atoms with Crippen LogP contribution in [-0.2, 0) is 32.7 Å². The molecule has 0 saturated heterocycles. The molecule has 0 nitrogen and oxygen atoms in total. The van der Waals surface area contributed by atoms with Crippen LogP contribution in [0.3, 0.4) is 0 Å². The summed E-state index contributed by atoms with van der Waals surface area (Å²) in [5.74, 6) is 0. The van der Waals surface area contributed by atoms with Crippen LogP contribution in [0.1, 0.15) is 13.8 Å². The van der Waals surface area contributed by atoms with Crippen molar-refractivity contribution in [1.29, 1.82) is 0 Å². The van der Waals surface area contributed by atoms with E-state index in [4.69, 9.17) is 0 Å². The normalized spacial score (nSPS) is 6.00. The van der Waals surface area contributed by atoms with Gasteiger partial charge in [0.1, 0.15) is 0 Å². The van der Waals surface area contributed by atoms with Crippen LogP contribution in [0, 0.1) is 6.07 Å². The minimum absolute atomic E-state index is 0. The monoisotopic (exact) mass is 196 g/mol. The third-order valence-corrected chi connectivity index (χ3v) is 0.607. The first-order chi connectivity index (χ1) is 4.00. The van der Waals surface area contributed by atoms with Gasteiger partial charge in [-0.1, -0.05) is 13.8 Å². The predicted octanol–water partition coefficient (Wildman–Crippen LogP) is 2.51. The molecular formula is C8H11Y-. The van der Waals surface area contributed by atoms with Crippen molar-refractivity contribution in [3.8, 4) is 0 Å². The van der Waals surface area contributed by atoms with E-state index in [2.05, 4.69) is 6.07 Å². The Morgan fingerprint density at radius 2 is 1.33 bits per heavy atom. The molecule has 0 fully saturated rings. The molecule has 0 spiro atoms. The molecule has 0 aliphatic rings. The summed E-state index contributed by atoms with van der Waals surface area (Å²) in [5, 5.41) is 0. The van der Waals surface area contributed by atoms with E-state index in [0.717, 1.165) is 0 Å². The Labute approximate surface area is 82.6 Å². The molecule has 0 aliphatic carbocycles. The molecule has 1 aromatic carbocycles. The van der Waals surface area contributed by atoms with Crippen LogP contribution < -0.4 is 0 Å². The van der Waals surface area contributed by atoms with Gasteiger partial charge in [0, 0.05) is 32.7 Å². The second-order valence-electron chi connectivity index (χ2n) is 1.08. The van der Waals surface area contributed by atoms with E-state index in [9.17, 15) is 0 Å². The zero-order valence-corrected chi connectivity index (χ0v) is 8.80. The first-order valence-electron chi connectivity index (χ1n) is 2.91. The van der Waals surface area contributed by atoms with E-state index in [1.807, 2.05) is 44.2 Å². The van der Waals surface area contributed by atoms with E-state index >= 15 is 0 Å². The van der Waals surface area contributed by atoms with Gasteiger partial charge < -0.3 is 0 Å². The molecule has 9 heavy (non-hydrogen) atoms. The number of hydrogen-bond acceptors (Lipinski definition) is 0. The third kappa shape index (κ3) is 8.32.